The van der Waals surface area contributed by atoms with Crippen molar-refractivity contribution >= 4 is 33.5 Å². The number of pyridine rings is 2. The van der Waals surface area contributed by atoms with Crippen LogP contribution < -0.4 is 5.32 Å². The minimum atomic E-state index is -0.515. The molecule has 8 nitrogen and oxygen atoms in total. The Morgan fingerprint density at radius 2 is 1.63 bits per heavy atom. The molecule has 188 valence electrons. The number of hydrogen-bond acceptors (Lipinski definition) is 5. The highest BCUT2D eigenvalue weighted by atomic mass is 19.1. The van der Waals surface area contributed by atoms with Crippen LogP contribution in [0.15, 0.2) is 73.3 Å². The molecule has 0 radical (unpaired) electrons. The first-order valence-corrected chi connectivity index (χ1v) is 12.1. The Balaban J connectivity index is 1.39. The predicted molar refractivity (Wildman–Crippen MR) is 146 cm³/mol. The van der Waals surface area contributed by atoms with Crippen molar-refractivity contribution in [3.8, 4) is 33.8 Å². The van der Waals surface area contributed by atoms with Crippen LogP contribution in [-0.2, 0) is 4.79 Å². The third-order valence-corrected chi connectivity index (χ3v) is 6.35. The number of nitrogens with one attached hydrogen (secondary N) is 3. The van der Waals surface area contributed by atoms with Crippen LogP contribution in [0.2, 0.25) is 0 Å². The summed E-state index contributed by atoms with van der Waals surface area (Å²) in [5, 5.41) is 11.4. The molecule has 9 heteroatoms. The van der Waals surface area contributed by atoms with Gasteiger partial charge in [0.1, 0.15) is 11.5 Å². The number of carbonyl (C=O) groups is 1. The maximum atomic E-state index is 13.5. The topological polar surface area (TPSA) is 112 Å². The molecule has 0 saturated carbocycles. The van der Waals surface area contributed by atoms with Crippen LogP contribution >= 0.6 is 0 Å². The predicted octanol–water partition coefficient (Wildman–Crippen LogP) is 6.35. The standard InChI is InChI=1S/C29H24FN7O/c1-29(2,3)28(38)33-20-10-18(12-31-13-20)17-6-9-23-21(11-17)26(37-36-23)27-34-24-15-32-14-22(25(24)35-27)16-4-7-19(30)8-5-16/h4-15H,1-3H3,(H,33,38)(H,34,35)(H,36,37). The molecule has 0 aliphatic carbocycles. The third kappa shape index (κ3) is 4.28. The van der Waals surface area contributed by atoms with E-state index in [2.05, 4.69) is 30.5 Å². The third-order valence-electron chi connectivity index (χ3n) is 6.35. The van der Waals surface area contributed by atoms with Crippen molar-refractivity contribution in [2.24, 2.45) is 5.41 Å². The number of carbonyl (C=O) groups excluding carboxylic acids is 1. The zero-order chi connectivity index (χ0) is 26.4. The number of nitrogens with zero attached hydrogens (tertiary/aromatic N) is 4. The van der Waals surface area contributed by atoms with Gasteiger partial charge in [-0.15, -0.1) is 0 Å². The summed E-state index contributed by atoms with van der Waals surface area (Å²) >= 11 is 0. The van der Waals surface area contributed by atoms with Crippen molar-refractivity contribution in [2.45, 2.75) is 20.8 Å². The van der Waals surface area contributed by atoms with Crippen LogP contribution in [0.3, 0.4) is 0 Å². The second-order valence-corrected chi connectivity index (χ2v) is 10.2. The lowest BCUT2D eigenvalue weighted by atomic mass is 9.95. The molecule has 4 heterocycles. The fraction of sp³-hybridized carbons (Fsp3) is 0.138. The molecule has 0 unspecified atom stereocenters. The largest absolute Gasteiger partial charge is 0.335 e. The molecule has 6 rings (SSSR count). The lowest BCUT2D eigenvalue weighted by molar-refractivity contribution is -0.123. The Morgan fingerprint density at radius 1 is 0.868 bits per heavy atom. The van der Waals surface area contributed by atoms with Gasteiger partial charge in [-0.25, -0.2) is 9.37 Å². The number of rotatable bonds is 4. The number of imidazole rings is 1. The Kier molecular flexibility index (Phi) is 5.48. The zero-order valence-corrected chi connectivity index (χ0v) is 21.0. The van der Waals surface area contributed by atoms with Gasteiger partial charge in [-0.2, -0.15) is 5.10 Å². The average molecular weight is 506 g/mol. The molecular weight excluding hydrogens is 481 g/mol. The Bertz CT molecular complexity index is 1810. The molecule has 0 bridgehead atoms. The van der Waals surface area contributed by atoms with E-state index in [1.54, 1.807) is 36.9 Å². The van der Waals surface area contributed by atoms with Crippen molar-refractivity contribution < 1.29 is 9.18 Å². The van der Waals surface area contributed by atoms with Gasteiger partial charge >= 0.3 is 0 Å². The monoisotopic (exact) mass is 505 g/mol. The van der Waals surface area contributed by atoms with E-state index in [0.29, 0.717) is 17.2 Å². The molecule has 0 aliphatic rings. The highest BCUT2D eigenvalue weighted by Gasteiger charge is 2.21. The molecule has 0 spiro atoms. The van der Waals surface area contributed by atoms with Crippen molar-refractivity contribution in [3.05, 3.63) is 79.1 Å². The van der Waals surface area contributed by atoms with E-state index in [4.69, 9.17) is 4.98 Å². The summed E-state index contributed by atoms with van der Waals surface area (Å²) in [7, 11) is 0. The number of aromatic nitrogens is 6. The fourth-order valence-corrected chi connectivity index (χ4v) is 4.24. The van der Waals surface area contributed by atoms with Crippen LogP contribution in [0.5, 0.6) is 0 Å². The van der Waals surface area contributed by atoms with Crippen LogP contribution in [0.4, 0.5) is 10.1 Å². The maximum absolute atomic E-state index is 13.5. The minimum Gasteiger partial charge on any atom is -0.335 e. The fourth-order valence-electron chi connectivity index (χ4n) is 4.24. The maximum Gasteiger partial charge on any atom is 0.229 e. The number of fused-ring (bicyclic) bond motifs is 2. The highest BCUT2D eigenvalue weighted by molar-refractivity contribution is 5.98. The molecule has 4 aromatic heterocycles. The van der Waals surface area contributed by atoms with Gasteiger partial charge in [0.05, 0.1) is 34.6 Å². The number of benzene rings is 2. The van der Waals surface area contributed by atoms with Gasteiger partial charge in [-0.05, 0) is 41.5 Å². The van der Waals surface area contributed by atoms with Gasteiger partial charge in [0, 0.05) is 34.3 Å². The molecule has 6 aromatic rings. The minimum absolute atomic E-state index is 0.0802. The SMILES string of the molecule is CC(C)(C)C(=O)Nc1cncc(-c2ccc3[nH]nc(-c4nc5c(-c6ccc(F)cc6)cncc5[nH]4)c3c2)c1. The molecule has 38 heavy (non-hydrogen) atoms. The van der Waals surface area contributed by atoms with E-state index < -0.39 is 5.41 Å². The quantitative estimate of drug-likeness (QED) is 0.258. The summed E-state index contributed by atoms with van der Waals surface area (Å²) in [6.45, 7) is 5.60. The number of H-pyrrole nitrogens is 2. The van der Waals surface area contributed by atoms with Crippen LogP contribution in [0.25, 0.3) is 55.7 Å². The van der Waals surface area contributed by atoms with Crippen LogP contribution in [0, 0.1) is 11.2 Å². The number of halogens is 1. The lowest BCUT2D eigenvalue weighted by Gasteiger charge is -2.17. The Hall–Kier alpha value is -4.92. The molecule has 0 aliphatic heterocycles. The summed E-state index contributed by atoms with van der Waals surface area (Å²) in [6.07, 6.45) is 6.83. The molecule has 0 atom stereocenters. The first-order valence-electron chi connectivity index (χ1n) is 12.1. The second-order valence-electron chi connectivity index (χ2n) is 10.2. The van der Waals surface area contributed by atoms with Crippen molar-refractivity contribution in [1.82, 2.24) is 30.1 Å². The van der Waals surface area contributed by atoms with E-state index in [1.807, 2.05) is 45.0 Å². The number of amides is 1. The summed E-state index contributed by atoms with van der Waals surface area (Å²) in [5.74, 6) is 0.209. The molecule has 0 saturated heterocycles. The van der Waals surface area contributed by atoms with Gasteiger partial charge in [0.2, 0.25) is 5.91 Å². The number of aromatic amines is 2. The van der Waals surface area contributed by atoms with E-state index in [-0.39, 0.29) is 11.7 Å². The number of hydrogen-bond donors (Lipinski definition) is 3. The van der Waals surface area contributed by atoms with E-state index in [9.17, 15) is 9.18 Å². The normalized spacial score (nSPS) is 11.8. The Morgan fingerprint density at radius 3 is 2.42 bits per heavy atom. The van der Waals surface area contributed by atoms with Crippen LogP contribution in [-0.4, -0.2) is 36.0 Å². The molecule has 3 N–H and O–H groups in total. The molecule has 2 aromatic carbocycles. The molecule has 0 fully saturated rings. The first-order chi connectivity index (χ1) is 18.3. The van der Waals surface area contributed by atoms with Gasteiger partial charge < -0.3 is 10.3 Å². The summed E-state index contributed by atoms with van der Waals surface area (Å²) in [6, 6.07) is 14.1. The van der Waals surface area contributed by atoms with Crippen molar-refractivity contribution in [1.29, 1.82) is 0 Å². The molecule has 1 amide bonds. The summed E-state index contributed by atoms with van der Waals surface area (Å²) in [5.41, 5.74) is 6.50. The Labute approximate surface area is 217 Å². The van der Waals surface area contributed by atoms with E-state index in [0.717, 1.165) is 44.2 Å². The van der Waals surface area contributed by atoms with Crippen molar-refractivity contribution in [2.75, 3.05) is 5.32 Å². The zero-order valence-electron chi connectivity index (χ0n) is 21.0. The highest BCUT2D eigenvalue weighted by Crippen LogP contribution is 2.33. The summed E-state index contributed by atoms with van der Waals surface area (Å²) < 4.78 is 13.5. The average Bonchev–Trinajstić information content (AvgIpc) is 3.52. The van der Waals surface area contributed by atoms with Crippen molar-refractivity contribution in [3.63, 3.8) is 0 Å². The first kappa shape index (κ1) is 23.5. The molecular formula is C29H24FN7O. The lowest BCUT2D eigenvalue weighted by Crippen LogP contribution is -2.27. The van der Waals surface area contributed by atoms with E-state index >= 15 is 0 Å². The van der Waals surface area contributed by atoms with Crippen LogP contribution in [0.1, 0.15) is 20.8 Å². The number of anilines is 1. The smallest absolute Gasteiger partial charge is 0.229 e. The van der Waals surface area contributed by atoms with Gasteiger partial charge in [-0.3, -0.25) is 19.9 Å². The summed E-state index contributed by atoms with van der Waals surface area (Å²) in [4.78, 5) is 29.3. The van der Waals surface area contributed by atoms with Gasteiger partial charge in [0.15, 0.2) is 5.82 Å². The second kappa shape index (κ2) is 8.88. The van der Waals surface area contributed by atoms with Gasteiger partial charge in [-0.1, -0.05) is 39.0 Å². The van der Waals surface area contributed by atoms with Gasteiger partial charge in [0.25, 0.3) is 0 Å². The van der Waals surface area contributed by atoms with E-state index in [1.165, 1.54) is 12.1 Å².